The Bertz CT molecular complexity index is 627. The minimum absolute atomic E-state index is 0.0991. The Hall–Kier alpha value is -1.83. The van der Waals surface area contributed by atoms with Crippen molar-refractivity contribution in [2.75, 3.05) is 26.4 Å². The van der Waals surface area contributed by atoms with E-state index >= 15 is 0 Å². The molecule has 3 heterocycles. The maximum Gasteiger partial charge on any atom is 0.251 e. The maximum absolute atomic E-state index is 11.9. The molecule has 122 valence electrons. The number of aryl methyl sites for hydroxylation is 1. The van der Waals surface area contributed by atoms with Gasteiger partial charge in [-0.1, -0.05) is 6.07 Å². The summed E-state index contributed by atoms with van der Waals surface area (Å²) in [6.45, 7) is 1.99. The monoisotopic (exact) mass is 333 g/mol. The number of nitrogens with one attached hydrogen (secondary N) is 1. The largest absolute Gasteiger partial charge is 0.376 e. The van der Waals surface area contributed by atoms with Gasteiger partial charge in [0.05, 0.1) is 36.2 Å². The van der Waals surface area contributed by atoms with Gasteiger partial charge >= 0.3 is 0 Å². The van der Waals surface area contributed by atoms with Crippen molar-refractivity contribution in [3.8, 4) is 11.4 Å². The zero-order valence-electron chi connectivity index (χ0n) is 12.7. The third-order valence-electron chi connectivity index (χ3n) is 3.45. The van der Waals surface area contributed by atoms with Gasteiger partial charge in [0.15, 0.2) is 6.10 Å². The maximum atomic E-state index is 11.9. The fraction of sp³-hybridized carbons (Fsp3) is 0.438. The summed E-state index contributed by atoms with van der Waals surface area (Å²) in [4.78, 5) is 20.7. The van der Waals surface area contributed by atoms with Crippen LogP contribution in [0, 0.1) is 0 Å². The smallest absolute Gasteiger partial charge is 0.251 e. The quantitative estimate of drug-likeness (QED) is 0.814. The third kappa shape index (κ3) is 4.57. The first-order valence-corrected chi connectivity index (χ1v) is 8.54. The highest BCUT2D eigenvalue weighted by molar-refractivity contribution is 7.09. The topological polar surface area (TPSA) is 73.3 Å². The number of hydrogen-bond acceptors (Lipinski definition) is 6. The van der Waals surface area contributed by atoms with Gasteiger partial charge in [0.2, 0.25) is 0 Å². The highest BCUT2D eigenvalue weighted by Gasteiger charge is 2.21. The highest BCUT2D eigenvalue weighted by atomic mass is 32.1. The second-order valence-corrected chi connectivity index (χ2v) is 6.11. The molecule has 1 saturated heterocycles. The van der Waals surface area contributed by atoms with Gasteiger partial charge in [0, 0.05) is 24.5 Å². The summed E-state index contributed by atoms with van der Waals surface area (Å²) in [5.74, 6) is -0.0991. The summed E-state index contributed by atoms with van der Waals surface area (Å²) in [5.41, 5.74) is 1.79. The molecular weight excluding hydrogens is 314 g/mol. The summed E-state index contributed by atoms with van der Waals surface area (Å²) >= 11 is 1.62. The second kappa shape index (κ2) is 8.14. The van der Waals surface area contributed by atoms with Gasteiger partial charge in [-0.15, -0.1) is 11.3 Å². The molecule has 1 unspecified atom stereocenters. The van der Waals surface area contributed by atoms with Crippen molar-refractivity contribution in [1.29, 1.82) is 0 Å². The molecule has 1 N–H and O–H groups in total. The van der Waals surface area contributed by atoms with Gasteiger partial charge in [-0.2, -0.15) is 0 Å². The average molecular weight is 333 g/mol. The Kier molecular flexibility index (Phi) is 5.68. The van der Waals surface area contributed by atoms with Crippen molar-refractivity contribution >= 4 is 17.2 Å². The lowest BCUT2D eigenvalue weighted by Gasteiger charge is -2.21. The highest BCUT2D eigenvalue weighted by Crippen LogP contribution is 2.20. The first kappa shape index (κ1) is 16.0. The zero-order valence-corrected chi connectivity index (χ0v) is 13.6. The number of pyridine rings is 1. The van der Waals surface area contributed by atoms with Crippen LogP contribution in [0.4, 0.5) is 0 Å². The van der Waals surface area contributed by atoms with E-state index in [0.29, 0.717) is 26.4 Å². The van der Waals surface area contributed by atoms with Gasteiger partial charge in [0.1, 0.15) is 0 Å². The van der Waals surface area contributed by atoms with Crippen molar-refractivity contribution in [3.05, 3.63) is 34.8 Å². The van der Waals surface area contributed by atoms with Gasteiger partial charge < -0.3 is 14.8 Å². The Balaban J connectivity index is 1.41. The van der Waals surface area contributed by atoms with Gasteiger partial charge in [0.25, 0.3) is 5.91 Å². The van der Waals surface area contributed by atoms with E-state index in [4.69, 9.17) is 9.47 Å². The van der Waals surface area contributed by atoms with Crippen molar-refractivity contribution in [2.24, 2.45) is 0 Å². The van der Waals surface area contributed by atoms with Gasteiger partial charge in [-0.3, -0.25) is 9.78 Å². The number of carbonyl (C=O) groups excluding carboxylic acids is 1. The van der Waals surface area contributed by atoms with Gasteiger partial charge in [-0.25, -0.2) is 4.98 Å². The number of nitrogens with zero attached hydrogens (tertiary/aromatic N) is 2. The number of ether oxygens (including phenoxy) is 2. The molecule has 2 aromatic heterocycles. The van der Waals surface area contributed by atoms with E-state index in [9.17, 15) is 4.79 Å². The zero-order chi connectivity index (χ0) is 15.9. The second-order valence-electron chi connectivity index (χ2n) is 5.17. The fourth-order valence-electron chi connectivity index (χ4n) is 2.26. The standard InChI is InChI=1S/C16H19N3O3S/c20-16(14-10-21-8-9-22-14)18-7-3-5-15-19-13(11-23-15)12-4-1-2-6-17-12/h1-2,4,6,11,14H,3,5,7-10H2,(H,18,20). The summed E-state index contributed by atoms with van der Waals surface area (Å²) in [6.07, 6.45) is 2.97. The molecule has 2 aromatic rings. The summed E-state index contributed by atoms with van der Waals surface area (Å²) in [7, 11) is 0. The lowest BCUT2D eigenvalue weighted by Crippen LogP contribution is -2.43. The third-order valence-corrected chi connectivity index (χ3v) is 4.36. The van der Waals surface area contributed by atoms with Crippen LogP contribution < -0.4 is 5.32 Å². The molecule has 23 heavy (non-hydrogen) atoms. The van der Waals surface area contributed by atoms with E-state index in [-0.39, 0.29) is 5.91 Å². The first-order chi connectivity index (χ1) is 11.3. The SMILES string of the molecule is O=C(NCCCc1nc(-c2ccccn2)cs1)C1COCCO1. The van der Waals surface area contributed by atoms with E-state index in [1.54, 1.807) is 17.5 Å². The summed E-state index contributed by atoms with van der Waals surface area (Å²) in [5, 5.41) is 5.95. The molecule has 1 atom stereocenters. The van der Waals surface area contributed by atoms with Crippen LogP contribution >= 0.6 is 11.3 Å². The fourth-order valence-corrected chi connectivity index (χ4v) is 3.10. The van der Waals surface area contributed by atoms with Crippen LogP contribution in [0.1, 0.15) is 11.4 Å². The number of rotatable bonds is 6. The minimum atomic E-state index is -0.473. The predicted octanol–water partition coefficient (Wildman–Crippen LogP) is 1.67. The average Bonchev–Trinajstić information content (AvgIpc) is 3.09. The van der Waals surface area contributed by atoms with E-state index in [1.165, 1.54) is 0 Å². The molecule has 0 spiro atoms. The number of thiazole rings is 1. The van der Waals surface area contributed by atoms with Crippen LogP contribution in [0.3, 0.4) is 0 Å². The molecule has 0 radical (unpaired) electrons. The van der Waals surface area contributed by atoms with Crippen LogP contribution in [0.15, 0.2) is 29.8 Å². The molecule has 1 aliphatic rings. The molecular formula is C16H19N3O3S. The number of hydrogen-bond donors (Lipinski definition) is 1. The van der Waals surface area contributed by atoms with E-state index < -0.39 is 6.10 Å². The molecule has 7 heteroatoms. The normalized spacial score (nSPS) is 17.8. The Morgan fingerprint density at radius 2 is 2.30 bits per heavy atom. The molecule has 0 saturated carbocycles. The predicted molar refractivity (Wildman–Crippen MR) is 87.2 cm³/mol. The van der Waals surface area contributed by atoms with Crippen molar-refractivity contribution in [3.63, 3.8) is 0 Å². The van der Waals surface area contributed by atoms with Crippen molar-refractivity contribution < 1.29 is 14.3 Å². The Morgan fingerprint density at radius 3 is 3.09 bits per heavy atom. The van der Waals surface area contributed by atoms with Crippen LogP contribution in [-0.2, 0) is 20.7 Å². The lowest BCUT2D eigenvalue weighted by molar-refractivity contribution is -0.147. The summed E-state index contributed by atoms with van der Waals surface area (Å²) < 4.78 is 10.6. The number of aromatic nitrogens is 2. The van der Waals surface area contributed by atoms with Crippen LogP contribution in [-0.4, -0.2) is 48.3 Å². The lowest BCUT2D eigenvalue weighted by atomic mass is 10.3. The molecule has 0 aliphatic carbocycles. The van der Waals surface area contributed by atoms with E-state index in [2.05, 4.69) is 15.3 Å². The Labute approximate surface area is 138 Å². The molecule has 1 amide bonds. The Morgan fingerprint density at radius 1 is 1.35 bits per heavy atom. The molecule has 0 bridgehead atoms. The molecule has 3 rings (SSSR count). The summed E-state index contributed by atoms with van der Waals surface area (Å²) in [6, 6.07) is 5.79. The van der Waals surface area contributed by atoms with Crippen LogP contribution in [0.2, 0.25) is 0 Å². The molecule has 0 aromatic carbocycles. The minimum Gasteiger partial charge on any atom is -0.376 e. The van der Waals surface area contributed by atoms with Crippen molar-refractivity contribution in [2.45, 2.75) is 18.9 Å². The van der Waals surface area contributed by atoms with Gasteiger partial charge in [-0.05, 0) is 18.6 Å². The molecule has 1 fully saturated rings. The number of amides is 1. The first-order valence-electron chi connectivity index (χ1n) is 7.66. The van der Waals surface area contributed by atoms with Crippen molar-refractivity contribution in [1.82, 2.24) is 15.3 Å². The number of carbonyl (C=O) groups is 1. The van der Waals surface area contributed by atoms with E-state index in [1.807, 2.05) is 23.6 Å². The molecule has 6 nitrogen and oxygen atoms in total. The van der Waals surface area contributed by atoms with Crippen LogP contribution in [0.25, 0.3) is 11.4 Å². The van der Waals surface area contributed by atoms with Crippen LogP contribution in [0.5, 0.6) is 0 Å². The molecule has 1 aliphatic heterocycles. The van der Waals surface area contributed by atoms with E-state index in [0.717, 1.165) is 29.2 Å².